The molecule has 1 fully saturated rings. The van der Waals surface area contributed by atoms with Crippen molar-refractivity contribution in [2.45, 2.75) is 31.7 Å². The lowest BCUT2D eigenvalue weighted by Crippen LogP contribution is -2.18. The highest BCUT2D eigenvalue weighted by atomic mass is 16.5. The number of nitrogens with zero attached hydrogens (tertiary/aromatic N) is 2. The maximum atomic E-state index is 12.3. The van der Waals surface area contributed by atoms with Crippen molar-refractivity contribution in [3.8, 4) is 11.5 Å². The van der Waals surface area contributed by atoms with E-state index in [1.807, 2.05) is 0 Å². The normalized spacial score (nSPS) is 14.2. The molecule has 2 N–H and O–H groups in total. The van der Waals surface area contributed by atoms with Gasteiger partial charge in [-0.1, -0.05) is 12.8 Å². The number of hydrogen-bond acceptors (Lipinski definition) is 6. The molecule has 7 nitrogen and oxygen atoms in total. The van der Waals surface area contributed by atoms with Crippen LogP contribution in [0, 0.1) is 0 Å². The first kappa shape index (κ1) is 17.0. The third-order valence-electron chi connectivity index (χ3n) is 4.25. The second kappa shape index (κ2) is 7.83. The molecule has 1 aromatic carbocycles. The van der Waals surface area contributed by atoms with Crippen LogP contribution in [0.15, 0.2) is 30.3 Å². The van der Waals surface area contributed by atoms with E-state index in [4.69, 9.17) is 9.47 Å². The van der Waals surface area contributed by atoms with E-state index in [0.717, 1.165) is 12.8 Å². The number of rotatable bonds is 6. The summed E-state index contributed by atoms with van der Waals surface area (Å²) in [6.07, 6.45) is 4.81. The van der Waals surface area contributed by atoms with Gasteiger partial charge in [-0.3, -0.25) is 4.79 Å². The summed E-state index contributed by atoms with van der Waals surface area (Å²) in [5.74, 6) is 1.52. The third-order valence-corrected chi connectivity index (χ3v) is 4.25. The lowest BCUT2D eigenvalue weighted by Gasteiger charge is -2.12. The summed E-state index contributed by atoms with van der Waals surface area (Å²) >= 11 is 0. The number of methoxy groups -OCH3 is 2. The fraction of sp³-hybridized carbons (Fsp3) is 0.389. The molecule has 7 heteroatoms. The van der Waals surface area contributed by atoms with E-state index in [1.54, 1.807) is 44.6 Å². The van der Waals surface area contributed by atoms with Gasteiger partial charge in [0, 0.05) is 17.8 Å². The summed E-state index contributed by atoms with van der Waals surface area (Å²) < 4.78 is 10.4. The molecule has 0 aliphatic heterocycles. The first-order chi connectivity index (χ1) is 12.2. The van der Waals surface area contributed by atoms with Crippen LogP contribution in [-0.2, 0) is 0 Å². The van der Waals surface area contributed by atoms with Crippen molar-refractivity contribution in [2.24, 2.45) is 0 Å². The zero-order valence-corrected chi connectivity index (χ0v) is 14.4. The first-order valence-electron chi connectivity index (χ1n) is 8.33. The summed E-state index contributed by atoms with van der Waals surface area (Å²) in [5, 5.41) is 14.2. The summed E-state index contributed by atoms with van der Waals surface area (Å²) in [4.78, 5) is 12.3. The smallest absolute Gasteiger partial charge is 0.276 e. The van der Waals surface area contributed by atoms with Crippen LogP contribution in [0.4, 0.5) is 11.5 Å². The highest BCUT2D eigenvalue weighted by Crippen LogP contribution is 2.29. The Kier molecular flexibility index (Phi) is 5.33. The van der Waals surface area contributed by atoms with E-state index in [2.05, 4.69) is 20.8 Å². The molecule has 2 aromatic rings. The van der Waals surface area contributed by atoms with Crippen LogP contribution in [0.5, 0.6) is 11.5 Å². The number of hydrogen-bond donors (Lipinski definition) is 2. The van der Waals surface area contributed by atoms with Gasteiger partial charge in [0.2, 0.25) is 0 Å². The topological polar surface area (TPSA) is 85.4 Å². The Morgan fingerprint density at radius 2 is 1.80 bits per heavy atom. The zero-order chi connectivity index (χ0) is 17.6. The lowest BCUT2D eigenvalue weighted by molar-refractivity contribution is 0.102. The maximum Gasteiger partial charge on any atom is 0.276 e. The van der Waals surface area contributed by atoms with Gasteiger partial charge in [0.25, 0.3) is 5.91 Å². The summed E-state index contributed by atoms with van der Waals surface area (Å²) in [7, 11) is 3.11. The van der Waals surface area contributed by atoms with E-state index < -0.39 is 0 Å². The van der Waals surface area contributed by atoms with Crippen LogP contribution in [0.25, 0.3) is 0 Å². The number of ether oxygens (including phenoxy) is 2. The molecule has 0 unspecified atom stereocenters. The third kappa shape index (κ3) is 4.17. The highest BCUT2D eigenvalue weighted by molar-refractivity contribution is 6.02. The Labute approximate surface area is 146 Å². The van der Waals surface area contributed by atoms with Crippen molar-refractivity contribution >= 4 is 17.4 Å². The molecule has 1 aromatic heterocycles. The summed E-state index contributed by atoms with van der Waals surface area (Å²) in [6.45, 7) is 0. The van der Waals surface area contributed by atoms with Crippen LogP contribution >= 0.6 is 0 Å². The number of amides is 1. The van der Waals surface area contributed by atoms with Gasteiger partial charge in [0.05, 0.1) is 14.2 Å². The number of anilines is 2. The van der Waals surface area contributed by atoms with Crippen molar-refractivity contribution in [1.29, 1.82) is 0 Å². The molecule has 0 spiro atoms. The fourth-order valence-corrected chi connectivity index (χ4v) is 2.92. The summed E-state index contributed by atoms with van der Waals surface area (Å²) in [6, 6.07) is 9.08. The van der Waals surface area contributed by atoms with Gasteiger partial charge in [-0.05, 0) is 37.1 Å². The Bertz CT molecular complexity index is 728. The summed E-state index contributed by atoms with van der Waals surface area (Å²) in [5.41, 5.74) is 0.851. The largest absolute Gasteiger partial charge is 0.493 e. The Hall–Kier alpha value is -2.83. The number of carbonyl (C=O) groups is 1. The molecule has 1 amide bonds. The second-order valence-corrected chi connectivity index (χ2v) is 5.95. The van der Waals surface area contributed by atoms with Crippen LogP contribution in [0.1, 0.15) is 36.2 Å². The quantitative estimate of drug-likeness (QED) is 0.839. The van der Waals surface area contributed by atoms with E-state index in [0.29, 0.717) is 29.0 Å². The van der Waals surface area contributed by atoms with Crippen LogP contribution in [0.2, 0.25) is 0 Å². The van der Waals surface area contributed by atoms with Crippen molar-refractivity contribution in [3.05, 3.63) is 36.0 Å². The molecule has 1 aliphatic rings. The van der Waals surface area contributed by atoms with Gasteiger partial charge in [-0.2, -0.15) is 0 Å². The first-order valence-corrected chi connectivity index (χ1v) is 8.33. The SMILES string of the molecule is COc1ccc(NC(=O)c2ccc(NC3CCCC3)nn2)cc1OC. The van der Waals surface area contributed by atoms with E-state index in [1.165, 1.54) is 12.8 Å². The minimum absolute atomic E-state index is 0.256. The molecule has 1 heterocycles. The average Bonchev–Trinajstić information content (AvgIpc) is 3.15. The van der Waals surface area contributed by atoms with Gasteiger partial charge in [-0.15, -0.1) is 10.2 Å². The van der Waals surface area contributed by atoms with E-state index in [-0.39, 0.29) is 11.6 Å². The van der Waals surface area contributed by atoms with Gasteiger partial charge in [-0.25, -0.2) is 0 Å². The van der Waals surface area contributed by atoms with Crippen molar-refractivity contribution in [2.75, 3.05) is 24.9 Å². The Morgan fingerprint density at radius 1 is 1.04 bits per heavy atom. The molecular formula is C18H22N4O3. The van der Waals surface area contributed by atoms with Crippen molar-refractivity contribution in [3.63, 3.8) is 0 Å². The number of carbonyl (C=O) groups excluding carboxylic acids is 1. The minimum Gasteiger partial charge on any atom is -0.493 e. The van der Waals surface area contributed by atoms with E-state index >= 15 is 0 Å². The molecule has 0 radical (unpaired) electrons. The second-order valence-electron chi connectivity index (χ2n) is 5.95. The maximum absolute atomic E-state index is 12.3. The molecule has 0 bridgehead atoms. The van der Waals surface area contributed by atoms with Gasteiger partial charge < -0.3 is 20.1 Å². The van der Waals surface area contributed by atoms with E-state index in [9.17, 15) is 4.79 Å². The molecule has 25 heavy (non-hydrogen) atoms. The lowest BCUT2D eigenvalue weighted by atomic mass is 10.2. The molecule has 132 valence electrons. The average molecular weight is 342 g/mol. The molecule has 1 saturated carbocycles. The van der Waals surface area contributed by atoms with Crippen molar-refractivity contribution in [1.82, 2.24) is 10.2 Å². The van der Waals surface area contributed by atoms with Crippen LogP contribution in [0.3, 0.4) is 0 Å². The predicted molar refractivity (Wildman–Crippen MR) is 95.4 cm³/mol. The number of aromatic nitrogens is 2. The van der Waals surface area contributed by atoms with Gasteiger partial charge in [0.15, 0.2) is 17.2 Å². The standard InChI is InChI=1S/C18H22N4O3/c1-24-15-9-7-13(11-16(15)25-2)20-18(23)14-8-10-17(22-21-14)19-12-5-3-4-6-12/h7-12H,3-6H2,1-2H3,(H,19,22)(H,20,23). The molecule has 0 atom stereocenters. The minimum atomic E-state index is -0.327. The molecule has 0 saturated heterocycles. The van der Waals surface area contributed by atoms with Crippen LogP contribution in [-0.4, -0.2) is 36.4 Å². The highest BCUT2D eigenvalue weighted by Gasteiger charge is 2.16. The predicted octanol–water partition coefficient (Wildman–Crippen LogP) is 3.10. The number of benzene rings is 1. The molecule has 1 aliphatic carbocycles. The Morgan fingerprint density at radius 3 is 2.44 bits per heavy atom. The van der Waals surface area contributed by atoms with Crippen LogP contribution < -0.4 is 20.1 Å². The fourth-order valence-electron chi connectivity index (χ4n) is 2.92. The molecule has 3 rings (SSSR count). The molecular weight excluding hydrogens is 320 g/mol. The van der Waals surface area contributed by atoms with Gasteiger partial charge in [0.1, 0.15) is 5.82 Å². The monoisotopic (exact) mass is 342 g/mol. The van der Waals surface area contributed by atoms with Gasteiger partial charge >= 0.3 is 0 Å². The zero-order valence-electron chi connectivity index (χ0n) is 14.4. The number of nitrogens with one attached hydrogen (secondary N) is 2. The van der Waals surface area contributed by atoms with Crippen molar-refractivity contribution < 1.29 is 14.3 Å². The Balaban J connectivity index is 1.64.